The smallest absolute Gasteiger partial charge is 0.130 e. The van der Waals surface area contributed by atoms with E-state index in [-0.39, 0.29) is 0 Å². The number of furan rings is 1. The van der Waals surface area contributed by atoms with Gasteiger partial charge in [-0.1, -0.05) is 0 Å². The second kappa shape index (κ2) is 5.48. The first-order chi connectivity index (χ1) is 7.79. The van der Waals surface area contributed by atoms with E-state index in [0.717, 1.165) is 43.3 Å². The molecule has 0 saturated carbocycles. The summed E-state index contributed by atoms with van der Waals surface area (Å²) in [6.45, 7) is 5.41. The molecule has 0 aliphatic carbocycles. The maximum atomic E-state index is 5.60. The summed E-state index contributed by atoms with van der Waals surface area (Å²) in [5, 5.41) is 0. The highest BCUT2D eigenvalue weighted by atomic mass is 16.5. The normalized spacial score (nSPS) is 20.5. The van der Waals surface area contributed by atoms with E-state index in [1.54, 1.807) is 0 Å². The van der Waals surface area contributed by atoms with E-state index in [9.17, 15) is 0 Å². The number of hydrogen-bond donors (Lipinski definition) is 1. The molecule has 0 radical (unpaired) electrons. The van der Waals surface area contributed by atoms with Gasteiger partial charge in [-0.05, 0) is 19.4 Å². The van der Waals surface area contributed by atoms with Gasteiger partial charge >= 0.3 is 0 Å². The molecule has 4 nitrogen and oxygen atoms in total. The lowest BCUT2D eigenvalue weighted by molar-refractivity contribution is 0.0687. The zero-order chi connectivity index (χ0) is 11.4. The Morgan fingerprint density at radius 2 is 2.44 bits per heavy atom. The molecule has 90 valence electrons. The van der Waals surface area contributed by atoms with E-state index in [2.05, 4.69) is 0 Å². The van der Waals surface area contributed by atoms with Crippen LogP contribution in [0.4, 0.5) is 0 Å². The van der Waals surface area contributed by atoms with Gasteiger partial charge in [0.05, 0.1) is 13.2 Å². The molecule has 1 fully saturated rings. The average molecular weight is 225 g/mol. The van der Waals surface area contributed by atoms with Crippen LogP contribution < -0.4 is 5.73 Å². The van der Waals surface area contributed by atoms with Gasteiger partial charge in [0.25, 0.3) is 0 Å². The number of nitrogens with two attached hydrogens (primary N) is 1. The number of rotatable bonds is 5. The maximum Gasteiger partial charge on any atom is 0.130 e. The molecule has 0 aromatic carbocycles. The third-order valence-electron chi connectivity index (χ3n) is 2.91. The highest BCUT2D eigenvalue weighted by molar-refractivity contribution is 5.19. The first-order valence-electron chi connectivity index (χ1n) is 5.73. The Bertz CT molecular complexity index is 329. The van der Waals surface area contributed by atoms with Gasteiger partial charge in [-0.2, -0.15) is 0 Å². The summed E-state index contributed by atoms with van der Waals surface area (Å²) in [7, 11) is 0. The standard InChI is InChI=1S/C12H19NO3/c1-9-11(5-13)4-12(16-9)8-15-7-10-2-3-14-6-10/h4,10H,2-3,5-8,13H2,1H3. The third-order valence-corrected chi connectivity index (χ3v) is 2.91. The van der Waals surface area contributed by atoms with Crippen LogP contribution in [0.3, 0.4) is 0 Å². The third kappa shape index (κ3) is 2.84. The van der Waals surface area contributed by atoms with Gasteiger partial charge in [0.1, 0.15) is 18.1 Å². The van der Waals surface area contributed by atoms with Crippen molar-refractivity contribution in [1.29, 1.82) is 0 Å². The van der Waals surface area contributed by atoms with Gasteiger partial charge in [-0.3, -0.25) is 0 Å². The van der Waals surface area contributed by atoms with Crippen molar-refractivity contribution >= 4 is 0 Å². The molecule has 2 heterocycles. The van der Waals surface area contributed by atoms with E-state index in [1.165, 1.54) is 0 Å². The lowest BCUT2D eigenvalue weighted by Crippen LogP contribution is -2.08. The van der Waals surface area contributed by atoms with Crippen LogP contribution in [0.25, 0.3) is 0 Å². The Hall–Kier alpha value is -0.840. The first-order valence-corrected chi connectivity index (χ1v) is 5.73. The molecular weight excluding hydrogens is 206 g/mol. The van der Waals surface area contributed by atoms with Crippen LogP contribution in [0.5, 0.6) is 0 Å². The fourth-order valence-electron chi connectivity index (χ4n) is 1.90. The highest BCUT2D eigenvalue weighted by Crippen LogP contribution is 2.17. The summed E-state index contributed by atoms with van der Waals surface area (Å²) in [5.41, 5.74) is 6.63. The second-order valence-corrected chi connectivity index (χ2v) is 4.24. The van der Waals surface area contributed by atoms with E-state index >= 15 is 0 Å². The summed E-state index contributed by atoms with van der Waals surface area (Å²) < 4.78 is 16.4. The zero-order valence-electron chi connectivity index (χ0n) is 9.70. The molecule has 0 amide bonds. The topological polar surface area (TPSA) is 57.6 Å². The first kappa shape index (κ1) is 11.6. The van der Waals surface area contributed by atoms with Crippen molar-refractivity contribution in [2.45, 2.75) is 26.5 Å². The molecule has 16 heavy (non-hydrogen) atoms. The molecule has 2 N–H and O–H groups in total. The Morgan fingerprint density at radius 3 is 3.06 bits per heavy atom. The van der Waals surface area contributed by atoms with Gasteiger partial charge in [0.15, 0.2) is 0 Å². The fourth-order valence-corrected chi connectivity index (χ4v) is 1.90. The number of aryl methyl sites for hydroxylation is 1. The SMILES string of the molecule is Cc1oc(COCC2CCOC2)cc1CN. The Kier molecular flexibility index (Phi) is 3.98. The summed E-state index contributed by atoms with van der Waals surface area (Å²) in [6, 6.07) is 1.97. The predicted molar refractivity (Wildman–Crippen MR) is 59.9 cm³/mol. The van der Waals surface area contributed by atoms with E-state index in [0.29, 0.717) is 19.1 Å². The molecule has 1 aromatic heterocycles. The fraction of sp³-hybridized carbons (Fsp3) is 0.667. The van der Waals surface area contributed by atoms with Crippen LogP contribution in [0.1, 0.15) is 23.5 Å². The largest absolute Gasteiger partial charge is 0.464 e. The summed E-state index contributed by atoms with van der Waals surface area (Å²) in [5.74, 6) is 2.30. The molecule has 1 aliphatic rings. The van der Waals surface area contributed by atoms with Crippen LogP contribution in [0, 0.1) is 12.8 Å². The number of ether oxygens (including phenoxy) is 2. The van der Waals surface area contributed by atoms with Crippen LogP contribution in [0.15, 0.2) is 10.5 Å². The Balaban J connectivity index is 1.75. The average Bonchev–Trinajstić information content (AvgIpc) is 2.88. The lowest BCUT2D eigenvalue weighted by atomic mass is 10.1. The quantitative estimate of drug-likeness (QED) is 0.827. The van der Waals surface area contributed by atoms with Crippen molar-refractivity contribution in [1.82, 2.24) is 0 Å². The van der Waals surface area contributed by atoms with Gasteiger partial charge < -0.3 is 19.6 Å². The minimum atomic E-state index is 0.520. The minimum Gasteiger partial charge on any atom is -0.464 e. The summed E-state index contributed by atoms with van der Waals surface area (Å²) in [6.07, 6.45) is 1.10. The molecule has 1 atom stereocenters. The molecule has 2 rings (SSSR count). The predicted octanol–water partition coefficient (Wildman–Crippen LogP) is 1.60. The Labute approximate surface area is 95.7 Å². The van der Waals surface area contributed by atoms with Crippen molar-refractivity contribution in [2.24, 2.45) is 11.7 Å². The minimum absolute atomic E-state index is 0.520. The van der Waals surface area contributed by atoms with Crippen LogP contribution in [0.2, 0.25) is 0 Å². The molecule has 1 saturated heterocycles. The molecule has 4 heteroatoms. The van der Waals surface area contributed by atoms with Crippen molar-refractivity contribution in [3.05, 3.63) is 23.2 Å². The van der Waals surface area contributed by atoms with Crippen molar-refractivity contribution in [3.63, 3.8) is 0 Å². The summed E-state index contributed by atoms with van der Waals surface area (Å²) in [4.78, 5) is 0. The molecular formula is C12H19NO3. The van der Waals surface area contributed by atoms with Gasteiger partial charge in [-0.15, -0.1) is 0 Å². The molecule has 1 aliphatic heterocycles. The van der Waals surface area contributed by atoms with Gasteiger partial charge in [0, 0.05) is 24.6 Å². The van der Waals surface area contributed by atoms with Crippen LogP contribution in [-0.4, -0.2) is 19.8 Å². The number of hydrogen-bond acceptors (Lipinski definition) is 4. The summed E-state index contributed by atoms with van der Waals surface area (Å²) >= 11 is 0. The Morgan fingerprint density at radius 1 is 1.56 bits per heavy atom. The van der Waals surface area contributed by atoms with Crippen molar-refractivity contribution < 1.29 is 13.9 Å². The van der Waals surface area contributed by atoms with E-state index < -0.39 is 0 Å². The zero-order valence-corrected chi connectivity index (χ0v) is 9.70. The van der Waals surface area contributed by atoms with Gasteiger partial charge in [-0.25, -0.2) is 0 Å². The lowest BCUT2D eigenvalue weighted by Gasteiger charge is -2.06. The van der Waals surface area contributed by atoms with Crippen LogP contribution >= 0.6 is 0 Å². The maximum absolute atomic E-state index is 5.60. The van der Waals surface area contributed by atoms with Crippen molar-refractivity contribution in [2.75, 3.05) is 19.8 Å². The van der Waals surface area contributed by atoms with Crippen LogP contribution in [-0.2, 0) is 22.6 Å². The molecule has 1 unspecified atom stereocenters. The molecule has 0 spiro atoms. The highest BCUT2D eigenvalue weighted by Gasteiger charge is 2.16. The second-order valence-electron chi connectivity index (χ2n) is 4.24. The van der Waals surface area contributed by atoms with E-state index in [4.69, 9.17) is 19.6 Å². The van der Waals surface area contributed by atoms with Crippen molar-refractivity contribution in [3.8, 4) is 0 Å². The molecule has 1 aromatic rings. The molecule has 0 bridgehead atoms. The van der Waals surface area contributed by atoms with Gasteiger partial charge in [0.2, 0.25) is 0 Å². The monoisotopic (exact) mass is 225 g/mol. The van der Waals surface area contributed by atoms with E-state index in [1.807, 2.05) is 13.0 Å².